The van der Waals surface area contributed by atoms with E-state index in [1.165, 1.54) is 24.3 Å². The zero-order valence-electron chi connectivity index (χ0n) is 20.3. The third kappa shape index (κ3) is 3.35. The van der Waals surface area contributed by atoms with E-state index in [0.717, 1.165) is 5.69 Å². The zero-order valence-corrected chi connectivity index (χ0v) is 21.9. The van der Waals surface area contributed by atoms with Crippen molar-refractivity contribution in [2.45, 2.75) is 19.6 Å². The van der Waals surface area contributed by atoms with Crippen LogP contribution in [0.2, 0.25) is 0 Å². The molecule has 2 aliphatic heterocycles. The lowest BCUT2D eigenvalue weighted by Gasteiger charge is -2.33. The second-order valence-electron chi connectivity index (χ2n) is 9.36. The second-order valence-corrected chi connectivity index (χ2v) is 13.1. The maximum Gasteiger partial charge on any atom is 0.210 e. The first-order valence-electron chi connectivity index (χ1n) is 12.1. The van der Waals surface area contributed by atoms with E-state index in [4.69, 9.17) is 0 Å². The summed E-state index contributed by atoms with van der Waals surface area (Å²) in [5.74, 6) is -0.382. The quantitative estimate of drug-likeness (QED) is 0.250. The lowest BCUT2D eigenvalue weighted by atomic mass is 9.97. The number of anilines is 3. The summed E-state index contributed by atoms with van der Waals surface area (Å²) in [6.07, 6.45) is 0. The topological polar surface area (TPSA) is 88.6 Å². The minimum atomic E-state index is -3.86. The highest BCUT2D eigenvalue weighted by atomic mass is 32.2. The number of benzene rings is 5. The van der Waals surface area contributed by atoms with Crippen LogP contribution in [0, 0.1) is 0 Å². The number of sulfone groups is 2. The predicted octanol–water partition coefficient (Wildman–Crippen LogP) is 6.35. The van der Waals surface area contributed by atoms with Gasteiger partial charge in [0.2, 0.25) is 19.7 Å². The van der Waals surface area contributed by atoms with Crippen molar-refractivity contribution >= 4 is 42.5 Å². The van der Waals surface area contributed by atoms with Gasteiger partial charge in [-0.2, -0.15) is 0 Å². The van der Waals surface area contributed by atoms with Crippen molar-refractivity contribution in [3.05, 3.63) is 126 Å². The average Bonchev–Trinajstić information content (AvgIpc) is 2.96. The van der Waals surface area contributed by atoms with Crippen LogP contribution in [0.15, 0.2) is 135 Å². The van der Waals surface area contributed by atoms with Gasteiger partial charge in [0.15, 0.2) is 5.78 Å². The maximum atomic E-state index is 13.8. The van der Waals surface area contributed by atoms with E-state index in [0.29, 0.717) is 22.5 Å². The molecule has 0 amide bonds. The van der Waals surface area contributed by atoms with Crippen LogP contribution in [-0.2, 0) is 19.7 Å². The van der Waals surface area contributed by atoms with Gasteiger partial charge in [-0.25, -0.2) is 16.8 Å². The van der Waals surface area contributed by atoms with Crippen molar-refractivity contribution in [3.8, 4) is 11.1 Å². The van der Waals surface area contributed by atoms with Gasteiger partial charge in [0.25, 0.3) is 0 Å². The lowest BCUT2D eigenvalue weighted by Crippen LogP contribution is -2.22. The first-order chi connectivity index (χ1) is 18.8. The van der Waals surface area contributed by atoms with Gasteiger partial charge < -0.3 is 4.90 Å². The molecule has 5 aromatic rings. The summed E-state index contributed by atoms with van der Waals surface area (Å²) >= 11 is 0. The Kier molecular flexibility index (Phi) is 4.98. The smallest absolute Gasteiger partial charge is 0.210 e. The first-order valence-corrected chi connectivity index (χ1v) is 15.1. The molecular formula is C31H19NO5S2. The molecule has 0 radical (unpaired) electrons. The highest BCUT2D eigenvalue weighted by Gasteiger charge is 2.36. The Labute approximate surface area is 225 Å². The standard InChI is InChI=1S/C31H19NO5S2/c33-31-23-10-4-6-12-27(23)38(34,35)28-17-15-20(18-24(28)31)21-14-16-26-30(19-21)39(36,37)29-13-7-5-11-25(29)32(26)22-8-2-1-3-9-22/h1-19H. The van der Waals surface area contributed by atoms with E-state index in [1.807, 2.05) is 35.2 Å². The Morgan fingerprint density at radius 2 is 1.03 bits per heavy atom. The van der Waals surface area contributed by atoms with Gasteiger partial charge in [0, 0.05) is 16.8 Å². The van der Waals surface area contributed by atoms with E-state index >= 15 is 0 Å². The second kappa shape index (κ2) is 8.23. The van der Waals surface area contributed by atoms with Crippen LogP contribution >= 0.6 is 0 Å². The van der Waals surface area contributed by atoms with Crippen LogP contribution in [0.3, 0.4) is 0 Å². The molecule has 190 valence electrons. The van der Waals surface area contributed by atoms with E-state index in [2.05, 4.69) is 0 Å². The van der Waals surface area contributed by atoms with Gasteiger partial charge in [-0.15, -0.1) is 0 Å². The zero-order chi connectivity index (χ0) is 26.9. The molecule has 0 N–H and O–H groups in total. The molecule has 2 heterocycles. The molecule has 0 spiro atoms. The summed E-state index contributed by atoms with van der Waals surface area (Å²) in [5, 5.41) is 0. The Morgan fingerprint density at radius 3 is 1.82 bits per heavy atom. The molecule has 0 bridgehead atoms. The van der Waals surface area contributed by atoms with Crippen LogP contribution in [0.25, 0.3) is 11.1 Å². The maximum absolute atomic E-state index is 13.8. The summed E-state index contributed by atoms with van der Waals surface area (Å²) in [6.45, 7) is 0. The number of carbonyl (C=O) groups is 1. The van der Waals surface area contributed by atoms with E-state index in [-0.39, 0.29) is 36.5 Å². The van der Waals surface area contributed by atoms with Crippen molar-refractivity contribution in [1.82, 2.24) is 0 Å². The van der Waals surface area contributed by atoms with E-state index in [9.17, 15) is 21.6 Å². The largest absolute Gasteiger partial charge is 0.308 e. The van der Waals surface area contributed by atoms with Crippen LogP contribution < -0.4 is 4.90 Å². The summed E-state index contributed by atoms with van der Waals surface area (Å²) in [4.78, 5) is 15.5. The molecule has 7 rings (SSSR count). The van der Waals surface area contributed by atoms with E-state index in [1.54, 1.807) is 60.7 Å². The van der Waals surface area contributed by atoms with Crippen molar-refractivity contribution < 1.29 is 21.6 Å². The number of carbonyl (C=O) groups excluding carboxylic acids is 1. The van der Waals surface area contributed by atoms with Gasteiger partial charge >= 0.3 is 0 Å². The summed E-state index contributed by atoms with van der Waals surface area (Å²) in [5.41, 5.74) is 3.18. The van der Waals surface area contributed by atoms with Crippen molar-refractivity contribution in [2.75, 3.05) is 4.90 Å². The number of para-hydroxylation sites is 2. The Morgan fingerprint density at radius 1 is 0.462 bits per heavy atom. The molecule has 0 saturated heterocycles. The average molecular weight is 550 g/mol. The first kappa shape index (κ1) is 23.6. The molecule has 6 nitrogen and oxygen atoms in total. The van der Waals surface area contributed by atoms with Crippen molar-refractivity contribution in [3.63, 3.8) is 0 Å². The Hall–Kier alpha value is -4.53. The van der Waals surface area contributed by atoms with Gasteiger partial charge in [0.05, 0.1) is 31.0 Å². The highest BCUT2D eigenvalue weighted by molar-refractivity contribution is 7.92. The summed E-state index contributed by atoms with van der Waals surface area (Å²) in [6, 6.07) is 32.3. The number of hydrogen-bond donors (Lipinski definition) is 0. The fourth-order valence-corrected chi connectivity index (χ4v) is 8.62. The van der Waals surface area contributed by atoms with Crippen molar-refractivity contribution in [1.29, 1.82) is 0 Å². The molecule has 5 aromatic carbocycles. The van der Waals surface area contributed by atoms with Gasteiger partial charge in [0.1, 0.15) is 0 Å². The van der Waals surface area contributed by atoms with Crippen molar-refractivity contribution in [2.24, 2.45) is 0 Å². The molecule has 0 atom stereocenters. The summed E-state index contributed by atoms with van der Waals surface area (Å²) < 4.78 is 54.0. The predicted molar refractivity (Wildman–Crippen MR) is 147 cm³/mol. The fourth-order valence-electron chi connectivity index (χ4n) is 5.34. The normalized spacial score (nSPS) is 16.0. The van der Waals surface area contributed by atoms with Gasteiger partial charge in [-0.1, -0.05) is 54.6 Å². The minimum absolute atomic E-state index is 0.00482. The van der Waals surface area contributed by atoms with Gasteiger partial charge in [-0.05, 0) is 71.8 Å². The highest BCUT2D eigenvalue weighted by Crippen LogP contribution is 2.49. The molecule has 0 saturated carbocycles. The minimum Gasteiger partial charge on any atom is -0.308 e. The SMILES string of the molecule is O=C1c2ccccc2S(=O)(=O)c2ccc(-c3ccc4c(c3)S(=O)(=O)c3ccccc3N4c3ccccc3)cc21. The Bertz CT molecular complexity index is 2070. The van der Waals surface area contributed by atoms with Crippen LogP contribution in [-0.4, -0.2) is 22.6 Å². The number of fused-ring (bicyclic) bond motifs is 4. The Balaban J connectivity index is 1.42. The monoisotopic (exact) mass is 549 g/mol. The number of rotatable bonds is 2. The molecule has 0 unspecified atom stereocenters. The number of ketones is 1. The molecule has 0 aliphatic carbocycles. The molecule has 0 aromatic heterocycles. The number of nitrogens with zero attached hydrogens (tertiary/aromatic N) is 1. The van der Waals surface area contributed by atoms with Crippen LogP contribution in [0.1, 0.15) is 15.9 Å². The molecular weight excluding hydrogens is 530 g/mol. The molecule has 8 heteroatoms. The van der Waals surface area contributed by atoms with Gasteiger partial charge in [-0.3, -0.25) is 4.79 Å². The third-order valence-electron chi connectivity index (χ3n) is 7.17. The molecule has 2 aliphatic rings. The lowest BCUT2D eigenvalue weighted by molar-refractivity contribution is 0.103. The molecule has 39 heavy (non-hydrogen) atoms. The van der Waals surface area contributed by atoms with Crippen LogP contribution in [0.4, 0.5) is 17.1 Å². The van der Waals surface area contributed by atoms with Crippen LogP contribution in [0.5, 0.6) is 0 Å². The third-order valence-corrected chi connectivity index (χ3v) is 10.9. The van der Waals surface area contributed by atoms with E-state index < -0.39 is 19.7 Å². The molecule has 0 fully saturated rings. The number of hydrogen-bond acceptors (Lipinski definition) is 6. The summed E-state index contributed by atoms with van der Waals surface area (Å²) in [7, 11) is -7.72. The fraction of sp³-hybridized carbons (Fsp3) is 0.